The molecule has 3 aromatic rings. The molecule has 0 amide bonds. The minimum absolute atomic E-state index is 0.807. The SMILES string of the molecule is c1cncc(N=C2c3ccccc3CN2c2cccnc2)c1. The molecule has 0 atom stereocenters. The molecule has 2 aromatic heterocycles. The van der Waals surface area contributed by atoms with E-state index >= 15 is 0 Å². The minimum Gasteiger partial charge on any atom is -0.320 e. The standard InChI is InChI=1S/C18H14N4/c1-2-8-17-14(5-1)13-22(16-7-4-10-20-12-16)18(17)21-15-6-3-9-19-11-15/h1-12H,13H2. The summed E-state index contributed by atoms with van der Waals surface area (Å²) >= 11 is 0. The summed E-state index contributed by atoms with van der Waals surface area (Å²) < 4.78 is 0. The van der Waals surface area contributed by atoms with Gasteiger partial charge in [-0.05, 0) is 29.8 Å². The van der Waals surface area contributed by atoms with Crippen molar-refractivity contribution in [1.82, 2.24) is 9.97 Å². The molecule has 0 spiro atoms. The fourth-order valence-electron chi connectivity index (χ4n) is 2.66. The Morgan fingerprint density at radius 1 is 0.864 bits per heavy atom. The Morgan fingerprint density at radius 2 is 1.68 bits per heavy atom. The average molecular weight is 286 g/mol. The number of amidine groups is 1. The van der Waals surface area contributed by atoms with Gasteiger partial charge in [0, 0.05) is 18.0 Å². The van der Waals surface area contributed by atoms with Gasteiger partial charge in [-0.2, -0.15) is 0 Å². The first kappa shape index (κ1) is 12.7. The number of nitrogens with zero attached hydrogens (tertiary/aromatic N) is 4. The minimum atomic E-state index is 0.807. The maximum atomic E-state index is 4.81. The van der Waals surface area contributed by atoms with E-state index in [4.69, 9.17) is 4.99 Å². The van der Waals surface area contributed by atoms with Gasteiger partial charge < -0.3 is 4.90 Å². The summed E-state index contributed by atoms with van der Waals surface area (Å²) in [7, 11) is 0. The van der Waals surface area contributed by atoms with Crippen LogP contribution in [0.25, 0.3) is 0 Å². The average Bonchev–Trinajstić information content (AvgIpc) is 2.95. The fraction of sp³-hybridized carbons (Fsp3) is 0.0556. The van der Waals surface area contributed by atoms with Gasteiger partial charge in [-0.15, -0.1) is 0 Å². The van der Waals surface area contributed by atoms with E-state index in [-0.39, 0.29) is 0 Å². The van der Waals surface area contributed by atoms with Gasteiger partial charge in [0.25, 0.3) is 0 Å². The van der Waals surface area contributed by atoms with Crippen LogP contribution in [0, 0.1) is 0 Å². The molecule has 4 heteroatoms. The first-order valence-electron chi connectivity index (χ1n) is 7.16. The summed E-state index contributed by atoms with van der Waals surface area (Å²) in [6.07, 6.45) is 7.18. The number of hydrogen-bond donors (Lipinski definition) is 0. The van der Waals surface area contributed by atoms with E-state index in [0.29, 0.717) is 0 Å². The highest BCUT2D eigenvalue weighted by Gasteiger charge is 2.26. The number of aromatic nitrogens is 2. The third kappa shape index (κ3) is 2.24. The van der Waals surface area contributed by atoms with Crippen LogP contribution in [-0.4, -0.2) is 15.8 Å². The number of rotatable bonds is 2. The van der Waals surface area contributed by atoms with Crippen LogP contribution < -0.4 is 4.90 Å². The van der Waals surface area contributed by atoms with Gasteiger partial charge >= 0.3 is 0 Å². The molecule has 1 aliphatic rings. The van der Waals surface area contributed by atoms with Crippen LogP contribution in [0.5, 0.6) is 0 Å². The fourth-order valence-corrected chi connectivity index (χ4v) is 2.66. The highest BCUT2D eigenvalue weighted by Crippen LogP contribution is 2.29. The molecule has 1 aliphatic heterocycles. The van der Waals surface area contributed by atoms with Crippen molar-refractivity contribution >= 4 is 17.2 Å². The molecule has 0 radical (unpaired) electrons. The molecule has 0 aliphatic carbocycles. The Kier molecular flexibility index (Phi) is 3.12. The van der Waals surface area contributed by atoms with E-state index in [2.05, 4.69) is 39.1 Å². The second-order valence-corrected chi connectivity index (χ2v) is 5.10. The van der Waals surface area contributed by atoms with Crippen LogP contribution in [0.1, 0.15) is 11.1 Å². The Hall–Kier alpha value is -3.01. The predicted molar refractivity (Wildman–Crippen MR) is 87.3 cm³/mol. The molecule has 0 bridgehead atoms. The summed E-state index contributed by atoms with van der Waals surface area (Å²) in [5.74, 6) is 0.941. The van der Waals surface area contributed by atoms with Gasteiger partial charge in [-0.1, -0.05) is 24.3 Å². The quantitative estimate of drug-likeness (QED) is 0.723. The molecular formula is C18H14N4. The lowest BCUT2D eigenvalue weighted by atomic mass is 10.1. The lowest BCUT2D eigenvalue weighted by molar-refractivity contribution is 1.04. The van der Waals surface area contributed by atoms with Crippen molar-refractivity contribution < 1.29 is 0 Å². The van der Waals surface area contributed by atoms with E-state index < -0.39 is 0 Å². The maximum absolute atomic E-state index is 4.81. The first-order chi connectivity index (χ1) is 10.9. The van der Waals surface area contributed by atoms with E-state index in [0.717, 1.165) is 29.3 Å². The summed E-state index contributed by atoms with van der Waals surface area (Å²) in [5, 5.41) is 0. The van der Waals surface area contributed by atoms with Gasteiger partial charge in [-0.25, -0.2) is 4.99 Å². The lowest BCUT2D eigenvalue weighted by Crippen LogP contribution is -2.24. The van der Waals surface area contributed by atoms with E-state index in [1.165, 1.54) is 5.56 Å². The van der Waals surface area contributed by atoms with Crippen LogP contribution >= 0.6 is 0 Å². The van der Waals surface area contributed by atoms with Gasteiger partial charge in [-0.3, -0.25) is 9.97 Å². The zero-order valence-corrected chi connectivity index (χ0v) is 11.9. The highest BCUT2D eigenvalue weighted by atomic mass is 15.2. The zero-order valence-electron chi connectivity index (χ0n) is 11.9. The third-order valence-electron chi connectivity index (χ3n) is 3.68. The largest absolute Gasteiger partial charge is 0.320 e. The summed E-state index contributed by atoms with van der Waals surface area (Å²) in [4.78, 5) is 15.4. The molecule has 106 valence electrons. The Labute approximate surface area is 128 Å². The second-order valence-electron chi connectivity index (χ2n) is 5.10. The molecule has 4 nitrogen and oxygen atoms in total. The van der Waals surface area contributed by atoms with Crippen molar-refractivity contribution in [3.63, 3.8) is 0 Å². The molecule has 0 unspecified atom stereocenters. The number of fused-ring (bicyclic) bond motifs is 1. The van der Waals surface area contributed by atoms with E-state index in [1.54, 1.807) is 18.6 Å². The Morgan fingerprint density at radius 3 is 2.45 bits per heavy atom. The first-order valence-corrected chi connectivity index (χ1v) is 7.16. The van der Waals surface area contributed by atoms with Gasteiger partial charge in [0.1, 0.15) is 5.84 Å². The van der Waals surface area contributed by atoms with E-state index in [9.17, 15) is 0 Å². The van der Waals surface area contributed by atoms with Gasteiger partial charge in [0.05, 0.1) is 30.3 Å². The van der Waals surface area contributed by atoms with Crippen LogP contribution in [0.15, 0.2) is 78.3 Å². The number of benzene rings is 1. The second kappa shape index (κ2) is 5.41. The molecule has 0 N–H and O–H groups in total. The molecule has 0 saturated heterocycles. The summed E-state index contributed by atoms with van der Waals surface area (Å²) in [6, 6.07) is 16.2. The van der Waals surface area contributed by atoms with Crippen molar-refractivity contribution in [2.45, 2.75) is 6.54 Å². The monoisotopic (exact) mass is 286 g/mol. The van der Waals surface area contributed by atoms with Crippen molar-refractivity contribution in [3.8, 4) is 0 Å². The molecule has 4 rings (SSSR count). The maximum Gasteiger partial charge on any atom is 0.141 e. The molecular weight excluding hydrogens is 272 g/mol. The Balaban J connectivity index is 1.85. The summed E-state index contributed by atoms with van der Waals surface area (Å²) in [5.41, 5.74) is 4.33. The molecule has 3 heterocycles. The van der Waals surface area contributed by atoms with E-state index in [1.807, 2.05) is 30.5 Å². The number of pyridine rings is 2. The lowest BCUT2D eigenvalue weighted by Gasteiger charge is -2.18. The highest BCUT2D eigenvalue weighted by molar-refractivity contribution is 6.14. The van der Waals surface area contributed by atoms with Crippen LogP contribution in [0.4, 0.5) is 11.4 Å². The van der Waals surface area contributed by atoms with Crippen LogP contribution in [0.2, 0.25) is 0 Å². The molecule has 22 heavy (non-hydrogen) atoms. The van der Waals surface area contributed by atoms with Gasteiger partial charge in [0.15, 0.2) is 0 Å². The normalized spacial score (nSPS) is 15.1. The molecule has 0 fully saturated rings. The number of aliphatic imine (C=N–C) groups is 1. The summed E-state index contributed by atoms with van der Waals surface area (Å²) in [6.45, 7) is 0.807. The van der Waals surface area contributed by atoms with Crippen molar-refractivity contribution in [3.05, 3.63) is 84.4 Å². The Bertz CT molecular complexity index is 813. The smallest absolute Gasteiger partial charge is 0.141 e. The van der Waals surface area contributed by atoms with Crippen molar-refractivity contribution in [2.75, 3.05) is 4.90 Å². The van der Waals surface area contributed by atoms with Crippen molar-refractivity contribution in [2.24, 2.45) is 4.99 Å². The van der Waals surface area contributed by atoms with Crippen LogP contribution in [-0.2, 0) is 6.54 Å². The molecule has 1 aromatic carbocycles. The molecule has 0 saturated carbocycles. The third-order valence-corrected chi connectivity index (χ3v) is 3.68. The topological polar surface area (TPSA) is 41.4 Å². The number of anilines is 1. The van der Waals surface area contributed by atoms with Crippen LogP contribution in [0.3, 0.4) is 0 Å². The predicted octanol–water partition coefficient (Wildman–Crippen LogP) is 3.58. The number of hydrogen-bond acceptors (Lipinski definition) is 3. The van der Waals surface area contributed by atoms with Crippen molar-refractivity contribution in [1.29, 1.82) is 0 Å². The van der Waals surface area contributed by atoms with Gasteiger partial charge in [0.2, 0.25) is 0 Å². The zero-order chi connectivity index (χ0) is 14.8.